The van der Waals surface area contributed by atoms with Crippen molar-refractivity contribution in [3.63, 3.8) is 0 Å². The summed E-state index contributed by atoms with van der Waals surface area (Å²) in [4.78, 5) is 20.5. The molecule has 2 rings (SSSR count). The van der Waals surface area contributed by atoms with Crippen molar-refractivity contribution in [3.05, 3.63) is 59.7 Å². The number of nitrogens with zero attached hydrogens (tertiary/aromatic N) is 4. The Kier molecular flexibility index (Phi) is 13.0. The zero-order valence-corrected chi connectivity index (χ0v) is 21.5. The number of halogens is 1. The molecule has 5 N–H and O–H groups in total. The van der Waals surface area contributed by atoms with Gasteiger partial charge >= 0.3 is 10.1 Å². The predicted molar refractivity (Wildman–Crippen MR) is 130 cm³/mol. The number of amides is 2. The van der Waals surface area contributed by atoms with Crippen LogP contribution in [0.25, 0.3) is 0 Å². The standard InChI is InChI=1S/C10H9N3O4S.C7H7ClO2S.C3H3N3O2/c1-7-2-4-8(5-3-7)18(15,16)17-13-9(6-11)10(12)14;1-6-2-4-7(5-3-6)11(8,9)10;4-1-2(6-8)3(5)7/h2-5H,1H3,(H2,12,14);2-5H,1H3;8H,(H2,5,7)/b13-9-;;6-2-. The van der Waals surface area contributed by atoms with Gasteiger partial charge in [-0.05, 0) is 43.3 Å². The minimum absolute atomic E-state index is 0.140. The molecule has 0 atom stereocenters. The highest BCUT2D eigenvalue weighted by atomic mass is 35.7. The topological polar surface area (TPSA) is 256 Å². The number of hydrogen-bond donors (Lipinski definition) is 3. The Bertz CT molecular complexity index is 1470. The van der Waals surface area contributed by atoms with Gasteiger partial charge in [-0.3, -0.25) is 13.9 Å². The zero-order chi connectivity index (χ0) is 28.8. The smallest absolute Gasteiger partial charge is 0.358 e. The molecule has 0 radical (unpaired) electrons. The zero-order valence-electron chi connectivity index (χ0n) is 19.1. The molecule has 0 unspecified atom stereocenters. The van der Waals surface area contributed by atoms with Gasteiger partial charge in [-0.15, -0.1) is 0 Å². The number of hydrogen-bond acceptors (Lipinski definition) is 12. The highest BCUT2D eigenvalue weighted by molar-refractivity contribution is 8.13. The molecule has 0 saturated heterocycles. The molecule has 0 aromatic heterocycles. The van der Waals surface area contributed by atoms with Crippen molar-refractivity contribution in [3.8, 4) is 12.1 Å². The molecule has 14 nitrogen and oxygen atoms in total. The highest BCUT2D eigenvalue weighted by Gasteiger charge is 2.17. The van der Waals surface area contributed by atoms with Crippen LogP contribution in [-0.2, 0) is 33.0 Å². The van der Waals surface area contributed by atoms with E-state index in [9.17, 15) is 26.4 Å². The average Bonchev–Trinajstić information content (AvgIpc) is 2.80. The molecule has 17 heteroatoms. The van der Waals surface area contributed by atoms with Crippen LogP contribution in [0.2, 0.25) is 0 Å². The summed E-state index contributed by atoms with van der Waals surface area (Å²) in [7, 11) is -2.63. The van der Waals surface area contributed by atoms with Crippen LogP contribution in [0.3, 0.4) is 0 Å². The van der Waals surface area contributed by atoms with Crippen LogP contribution >= 0.6 is 10.7 Å². The van der Waals surface area contributed by atoms with Crippen molar-refractivity contribution in [1.29, 1.82) is 10.5 Å². The second-order valence-corrected chi connectivity index (χ2v) is 10.5. The Hall–Kier alpha value is -4.51. The van der Waals surface area contributed by atoms with E-state index in [1.165, 1.54) is 36.4 Å². The summed E-state index contributed by atoms with van der Waals surface area (Å²) in [5.41, 5.74) is 9.63. The van der Waals surface area contributed by atoms with Crippen LogP contribution in [0, 0.1) is 36.5 Å². The lowest BCUT2D eigenvalue weighted by molar-refractivity contribution is -0.112. The van der Waals surface area contributed by atoms with Crippen molar-refractivity contribution in [2.75, 3.05) is 0 Å². The number of carbonyl (C=O) groups excluding carboxylic acids is 2. The van der Waals surface area contributed by atoms with Crippen LogP contribution in [0.1, 0.15) is 11.1 Å². The third-order valence-corrected chi connectivity index (χ3v) is 6.11. The van der Waals surface area contributed by atoms with Gasteiger partial charge in [0.1, 0.15) is 17.0 Å². The molecule has 37 heavy (non-hydrogen) atoms. The molecule has 0 aliphatic heterocycles. The minimum atomic E-state index is -4.16. The molecule has 0 aliphatic carbocycles. The number of carbonyl (C=O) groups is 2. The molecule has 2 aromatic carbocycles. The Morgan fingerprint density at radius 1 is 0.838 bits per heavy atom. The quantitative estimate of drug-likeness (QED) is 0.190. The third-order valence-electron chi connectivity index (χ3n) is 3.62. The number of primary amides is 2. The number of nitrogens with two attached hydrogens (primary N) is 2. The van der Waals surface area contributed by atoms with Gasteiger partial charge < -0.3 is 16.7 Å². The molecule has 0 bridgehead atoms. The lowest BCUT2D eigenvalue weighted by Crippen LogP contribution is -2.22. The summed E-state index contributed by atoms with van der Waals surface area (Å²) in [5.74, 6) is -2.20. The molecule has 2 amide bonds. The maximum Gasteiger partial charge on any atom is 0.358 e. The first-order chi connectivity index (χ1) is 17.1. The summed E-state index contributed by atoms with van der Waals surface area (Å²) in [6, 6.07) is 14.7. The van der Waals surface area contributed by atoms with Crippen LogP contribution in [0.4, 0.5) is 0 Å². The summed E-state index contributed by atoms with van der Waals surface area (Å²) in [6.45, 7) is 3.67. The van der Waals surface area contributed by atoms with E-state index in [1.807, 2.05) is 6.92 Å². The summed E-state index contributed by atoms with van der Waals surface area (Å²) < 4.78 is 48.8. The predicted octanol–water partition coefficient (Wildman–Crippen LogP) is 0.813. The van der Waals surface area contributed by atoms with E-state index in [-0.39, 0.29) is 9.79 Å². The van der Waals surface area contributed by atoms with E-state index in [2.05, 4.69) is 20.3 Å². The maximum absolute atomic E-state index is 11.6. The fourth-order valence-corrected chi connectivity index (χ4v) is 3.28. The van der Waals surface area contributed by atoms with E-state index in [0.717, 1.165) is 11.1 Å². The second kappa shape index (κ2) is 14.8. The highest BCUT2D eigenvalue weighted by Crippen LogP contribution is 2.15. The van der Waals surface area contributed by atoms with E-state index in [0.29, 0.717) is 0 Å². The van der Waals surface area contributed by atoms with Crippen LogP contribution < -0.4 is 11.5 Å². The fraction of sp³-hybridized carbons (Fsp3) is 0.100. The van der Waals surface area contributed by atoms with E-state index < -0.39 is 42.4 Å². The van der Waals surface area contributed by atoms with Crippen LogP contribution in [0.15, 0.2) is 68.6 Å². The average molecular weight is 571 g/mol. The van der Waals surface area contributed by atoms with Gasteiger partial charge in [0.05, 0.1) is 4.90 Å². The lowest BCUT2D eigenvalue weighted by Gasteiger charge is -2.01. The summed E-state index contributed by atoms with van der Waals surface area (Å²) in [5, 5.41) is 29.3. The largest absolute Gasteiger partial charge is 0.410 e. The van der Waals surface area contributed by atoms with Gasteiger partial charge in [-0.1, -0.05) is 40.5 Å². The number of aryl methyl sites for hydroxylation is 2. The van der Waals surface area contributed by atoms with Gasteiger partial charge in [-0.25, -0.2) is 8.42 Å². The Morgan fingerprint density at radius 3 is 1.49 bits per heavy atom. The van der Waals surface area contributed by atoms with Crippen molar-refractivity contribution in [2.45, 2.75) is 23.6 Å². The van der Waals surface area contributed by atoms with Crippen molar-refractivity contribution < 1.29 is 35.9 Å². The normalized spacial score (nSPS) is 11.3. The van der Waals surface area contributed by atoms with Gasteiger partial charge in [0.2, 0.25) is 11.4 Å². The molecule has 196 valence electrons. The molecule has 0 fully saturated rings. The maximum atomic E-state index is 11.6. The summed E-state index contributed by atoms with van der Waals surface area (Å²) in [6.07, 6.45) is 0. The number of benzene rings is 2. The number of rotatable bonds is 6. The molecule has 0 aliphatic rings. The molecular weight excluding hydrogens is 552 g/mol. The second-order valence-electron chi connectivity index (χ2n) is 6.43. The molecule has 2 aromatic rings. The molecule has 0 saturated carbocycles. The minimum Gasteiger partial charge on any atom is -0.410 e. The van der Waals surface area contributed by atoms with E-state index in [4.69, 9.17) is 32.1 Å². The van der Waals surface area contributed by atoms with Gasteiger partial charge in [0.15, 0.2) is 0 Å². The fourth-order valence-electron chi connectivity index (χ4n) is 1.78. The van der Waals surface area contributed by atoms with Gasteiger partial charge in [-0.2, -0.15) is 18.9 Å². The first-order valence-electron chi connectivity index (χ1n) is 9.30. The first-order valence-corrected chi connectivity index (χ1v) is 13.0. The monoisotopic (exact) mass is 570 g/mol. The number of oxime groups is 2. The number of nitriles is 2. The SMILES string of the molecule is Cc1ccc(S(=O)(=O)Cl)cc1.Cc1ccc(S(=O)(=O)O/N=C(/C#N)C(N)=O)cc1.N#C/C(=N/O)C(N)=O. The third kappa shape index (κ3) is 12.1. The Labute approximate surface area is 216 Å². The van der Waals surface area contributed by atoms with Crippen LogP contribution in [-0.4, -0.2) is 45.3 Å². The van der Waals surface area contributed by atoms with Crippen LogP contribution in [0.5, 0.6) is 0 Å². The van der Waals surface area contributed by atoms with Gasteiger partial charge in [0, 0.05) is 10.7 Å². The van der Waals surface area contributed by atoms with Crippen molar-refractivity contribution in [1.82, 2.24) is 0 Å². The van der Waals surface area contributed by atoms with E-state index in [1.54, 1.807) is 31.2 Å². The van der Waals surface area contributed by atoms with Crippen molar-refractivity contribution >= 4 is 53.1 Å². The van der Waals surface area contributed by atoms with Crippen molar-refractivity contribution in [2.24, 2.45) is 21.8 Å². The lowest BCUT2D eigenvalue weighted by atomic mass is 10.2. The molecular formula is C20H19ClN6O8S2. The Balaban J connectivity index is 0.000000580. The van der Waals surface area contributed by atoms with E-state index >= 15 is 0 Å². The summed E-state index contributed by atoms with van der Waals surface area (Å²) >= 11 is 0. The first kappa shape index (κ1) is 32.5. The van der Waals surface area contributed by atoms with Gasteiger partial charge in [0.25, 0.3) is 20.9 Å². The molecule has 0 heterocycles. The molecule has 0 spiro atoms. The Morgan fingerprint density at radius 2 is 1.22 bits per heavy atom.